The fraction of sp³-hybridized carbons (Fsp3) is 0.367. The van der Waals surface area contributed by atoms with Crippen molar-refractivity contribution >= 4 is 28.7 Å². The first-order valence-corrected chi connectivity index (χ1v) is 12.7. The first-order valence-electron chi connectivity index (χ1n) is 12.7. The van der Waals surface area contributed by atoms with Crippen LogP contribution in [0.4, 0.5) is 4.79 Å². The molecule has 1 aliphatic rings. The van der Waals surface area contributed by atoms with Gasteiger partial charge >= 0.3 is 6.09 Å². The molecule has 7 heteroatoms. The zero-order valence-electron chi connectivity index (χ0n) is 21.9. The van der Waals surface area contributed by atoms with Gasteiger partial charge in [-0.05, 0) is 42.7 Å². The number of hydrogen-bond acceptors (Lipinski definition) is 4. The van der Waals surface area contributed by atoms with Crippen LogP contribution in [0.5, 0.6) is 0 Å². The molecule has 4 rings (SSSR count). The number of fused-ring (bicyclic) bond motifs is 1. The van der Waals surface area contributed by atoms with Crippen LogP contribution in [-0.4, -0.2) is 65.5 Å². The molecule has 0 spiro atoms. The van der Waals surface area contributed by atoms with Crippen molar-refractivity contribution in [1.29, 1.82) is 0 Å². The predicted octanol–water partition coefficient (Wildman–Crippen LogP) is 4.19. The molecule has 37 heavy (non-hydrogen) atoms. The minimum Gasteiger partial charge on any atom is -0.444 e. The highest BCUT2D eigenvalue weighted by atomic mass is 16.6. The van der Waals surface area contributed by atoms with Gasteiger partial charge in [-0.15, -0.1) is 0 Å². The van der Waals surface area contributed by atoms with Crippen molar-refractivity contribution in [3.8, 4) is 0 Å². The van der Waals surface area contributed by atoms with Gasteiger partial charge in [0.1, 0.15) is 17.7 Å². The molecule has 0 aromatic heterocycles. The maximum Gasteiger partial charge on any atom is 0.410 e. The van der Waals surface area contributed by atoms with E-state index in [9.17, 15) is 14.4 Å². The topological polar surface area (TPSA) is 79.0 Å². The number of hydrogen-bond donors (Lipinski definition) is 1. The molecule has 0 saturated carbocycles. The van der Waals surface area contributed by atoms with Gasteiger partial charge in [0, 0.05) is 33.0 Å². The highest BCUT2D eigenvalue weighted by molar-refractivity contribution is 5.93. The van der Waals surface area contributed by atoms with E-state index in [1.165, 1.54) is 4.90 Å². The summed E-state index contributed by atoms with van der Waals surface area (Å²) < 4.78 is 5.61. The molecule has 7 nitrogen and oxygen atoms in total. The van der Waals surface area contributed by atoms with Crippen LogP contribution in [-0.2, 0) is 27.2 Å². The fourth-order valence-corrected chi connectivity index (χ4v) is 4.65. The molecule has 0 aliphatic carbocycles. The molecule has 1 aliphatic heterocycles. The summed E-state index contributed by atoms with van der Waals surface area (Å²) >= 11 is 0. The zero-order chi connectivity index (χ0) is 26.6. The van der Waals surface area contributed by atoms with Gasteiger partial charge < -0.3 is 15.0 Å². The summed E-state index contributed by atoms with van der Waals surface area (Å²) in [6.45, 7) is 6.13. The fourth-order valence-electron chi connectivity index (χ4n) is 4.65. The van der Waals surface area contributed by atoms with Gasteiger partial charge in [0.25, 0.3) is 0 Å². The van der Waals surface area contributed by atoms with Gasteiger partial charge in [-0.2, -0.15) is 0 Å². The molecule has 1 unspecified atom stereocenters. The molecule has 2 atom stereocenters. The lowest BCUT2D eigenvalue weighted by Crippen LogP contribution is -2.62. The number of carbonyl (C=O) groups is 3. The van der Waals surface area contributed by atoms with Gasteiger partial charge in [0.15, 0.2) is 0 Å². The summed E-state index contributed by atoms with van der Waals surface area (Å²) in [4.78, 5) is 43.1. The Bertz CT molecular complexity index is 1270. The number of carbonyl (C=O) groups excluding carboxylic acids is 3. The second kappa shape index (κ2) is 11.0. The van der Waals surface area contributed by atoms with Crippen LogP contribution >= 0.6 is 0 Å². The average Bonchev–Trinajstić information content (AvgIpc) is 2.87. The van der Waals surface area contributed by atoms with Crippen LogP contribution in [0.3, 0.4) is 0 Å². The van der Waals surface area contributed by atoms with Crippen LogP contribution in [0.1, 0.15) is 31.9 Å². The molecule has 1 N–H and O–H groups in total. The van der Waals surface area contributed by atoms with E-state index in [0.29, 0.717) is 25.9 Å². The molecule has 1 fully saturated rings. The number of ether oxygens (including phenoxy) is 1. The van der Waals surface area contributed by atoms with Gasteiger partial charge in [-0.25, -0.2) is 4.79 Å². The first kappa shape index (κ1) is 26.2. The van der Waals surface area contributed by atoms with E-state index in [4.69, 9.17) is 4.74 Å². The minimum absolute atomic E-state index is 0.187. The largest absolute Gasteiger partial charge is 0.444 e. The molecular formula is C30H35N3O4. The van der Waals surface area contributed by atoms with Crippen molar-refractivity contribution in [2.75, 3.05) is 20.1 Å². The summed E-state index contributed by atoms with van der Waals surface area (Å²) in [5, 5.41) is 5.05. The quantitative estimate of drug-likeness (QED) is 0.550. The number of likely N-dealkylation sites (N-methyl/N-ethyl adjacent to an activating group) is 1. The third-order valence-electron chi connectivity index (χ3n) is 6.56. The number of benzene rings is 3. The maximum atomic E-state index is 14.1. The maximum absolute atomic E-state index is 14.1. The summed E-state index contributed by atoms with van der Waals surface area (Å²) in [7, 11) is 1.59. The number of nitrogens with one attached hydrogen (secondary N) is 1. The lowest BCUT2D eigenvalue weighted by molar-refractivity contribution is -0.146. The Hall–Kier alpha value is -3.87. The molecule has 0 bridgehead atoms. The minimum atomic E-state index is -0.833. The molecular weight excluding hydrogens is 466 g/mol. The third kappa shape index (κ3) is 6.47. The number of piperazine rings is 1. The van der Waals surface area contributed by atoms with E-state index < -0.39 is 23.8 Å². The molecule has 3 amide bonds. The van der Waals surface area contributed by atoms with E-state index in [1.807, 2.05) is 72.8 Å². The van der Waals surface area contributed by atoms with Gasteiger partial charge in [0.2, 0.25) is 11.8 Å². The van der Waals surface area contributed by atoms with Crippen LogP contribution in [0, 0.1) is 0 Å². The number of rotatable bonds is 6. The lowest BCUT2D eigenvalue weighted by Gasteiger charge is -2.39. The van der Waals surface area contributed by atoms with Crippen molar-refractivity contribution in [2.24, 2.45) is 0 Å². The molecule has 0 radical (unpaired) electrons. The molecule has 194 valence electrons. The normalized spacial score (nSPS) is 16.7. The van der Waals surface area contributed by atoms with E-state index in [-0.39, 0.29) is 11.8 Å². The Kier molecular flexibility index (Phi) is 7.81. The Labute approximate surface area is 218 Å². The Balaban J connectivity index is 1.65. The highest BCUT2D eigenvalue weighted by Gasteiger charge is 2.39. The van der Waals surface area contributed by atoms with Crippen molar-refractivity contribution in [3.05, 3.63) is 83.9 Å². The van der Waals surface area contributed by atoms with E-state index in [2.05, 4.69) is 5.32 Å². The zero-order valence-corrected chi connectivity index (χ0v) is 21.9. The Morgan fingerprint density at radius 1 is 1.00 bits per heavy atom. The van der Waals surface area contributed by atoms with Crippen LogP contribution in [0.25, 0.3) is 10.8 Å². The van der Waals surface area contributed by atoms with Crippen LogP contribution < -0.4 is 5.32 Å². The smallest absolute Gasteiger partial charge is 0.410 e. The average molecular weight is 502 g/mol. The molecule has 1 heterocycles. The van der Waals surface area contributed by atoms with Crippen molar-refractivity contribution in [1.82, 2.24) is 15.1 Å². The summed E-state index contributed by atoms with van der Waals surface area (Å²) in [5.41, 5.74) is 1.19. The van der Waals surface area contributed by atoms with Crippen molar-refractivity contribution in [3.63, 3.8) is 0 Å². The first-order chi connectivity index (χ1) is 17.6. The standard InChI is InChI=1S/C30H35N3O4/c1-30(2,3)37-29(36)32(4)26(20-22-14-15-23-12-8-9-13-24(23)18-22)28(35)33-17-16-31-27(34)25(33)19-21-10-6-5-7-11-21/h5-15,18,25-26H,16-17,19-20H2,1-4H3,(H,31,34)/t25-,26?/m1/s1. The van der Waals surface area contributed by atoms with Gasteiger partial charge in [-0.3, -0.25) is 14.5 Å². The second-order valence-corrected chi connectivity index (χ2v) is 10.5. The number of nitrogens with zero attached hydrogens (tertiary/aromatic N) is 2. The Morgan fingerprint density at radius 2 is 1.68 bits per heavy atom. The number of amides is 3. The lowest BCUT2D eigenvalue weighted by atomic mass is 9.97. The third-order valence-corrected chi connectivity index (χ3v) is 6.56. The molecule has 3 aromatic rings. The molecule has 3 aromatic carbocycles. The van der Waals surface area contributed by atoms with E-state index >= 15 is 0 Å². The van der Waals surface area contributed by atoms with E-state index in [0.717, 1.165) is 21.9 Å². The second-order valence-electron chi connectivity index (χ2n) is 10.5. The van der Waals surface area contributed by atoms with Crippen LogP contribution in [0.15, 0.2) is 72.8 Å². The predicted molar refractivity (Wildman–Crippen MR) is 144 cm³/mol. The monoisotopic (exact) mass is 501 g/mol. The highest BCUT2D eigenvalue weighted by Crippen LogP contribution is 2.22. The summed E-state index contributed by atoms with van der Waals surface area (Å²) in [6.07, 6.45) is 0.125. The summed E-state index contributed by atoms with van der Waals surface area (Å²) in [5.74, 6) is -0.454. The van der Waals surface area contributed by atoms with Crippen molar-refractivity contribution < 1.29 is 19.1 Å². The van der Waals surface area contributed by atoms with Gasteiger partial charge in [-0.1, -0.05) is 72.8 Å². The van der Waals surface area contributed by atoms with Gasteiger partial charge in [0.05, 0.1) is 0 Å². The van der Waals surface area contributed by atoms with Crippen molar-refractivity contribution in [2.45, 2.75) is 51.3 Å². The Morgan fingerprint density at radius 3 is 2.38 bits per heavy atom. The van der Waals surface area contributed by atoms with E-state index in [1.54, 1.807) is 32.7 Å². The summed E-state index contributed by atoms with van der Waals surface area (Å²) in [6, 6.07) is 22.2. The molecule has 1 saturated heterocycles. The van der Waals surface area contributed by atoms with Crippen LogP contribution in [0.2, 0.25) is 0 Å². The SMILES string of the molecule is CN(C(=O)OC(C)(C)C)C(Cc1ccc2ccccc2c1)C(=O)N1CCNC(=O)[C@H]1Cc1ccccc1.